The van der Waals surface area contributed by atoms with Crippen molar-refractivity contribution in [2.75, 3.05) is 11.9 Å². The number of rotatable bonds is 8. The number of hydrogen-bond acceptors (Lipinski definition) is 3. The molecule has 6 nitrogen and oxygen atoms in total. The molecular formula is C15H19FN2O4. The first-order valence-electron chi connectivity index (χ1n) is 6.97. The molecule has 0 aliphatic rings. The molecule has 0 spiro atoms. The van der Waals surface area contributed by atoms with E-state index in [4.69, 9.17) is 5.11 Å². The summed E-state index contributed by atoms with van der Waals surface area (Å²) in [6.45, 7) is 1.66. The van der Waals surface area contributed by atoms with Crippen LogP contribution in [0.15, 0.2) is 18.2 Å². The first kappa shape index (κ1) is 17.6. The Balaban J connectivity index is 2.45. The Morgan fingerprint density at radius 3 is 2.55 bits per heavy atom. The highest BCUT2D eigenvalue weighted by Crippen LogP contribution is 2.16. The minimum Gasteiger partial charge on any atom is -0.481 e. The van der Waals surface area contributed by atoms with Gasteiger partial charge in [0.05, 0.1) is 5.69 Å². The number of aliphatic carboxylic acids is 1. The Bertz CT molecular complexity index is 560. The van der Waals surface area contributed by atoms with Crippen molar-refractivity contribution in [3.63, 3.8) is 0 Å². The van der Waals surface area contributed by atoms with E-state index in [-0.39, 0.29) is 23.6 Å². The van der Waals surface area contributed by atoms with Crippen LogP contribution in [0.5, 0.6) is 0 Å². The van der Waals surface area contributed by atoms with Gasteiger partial charge < -0.3 is 15.7 Å². The molecule has 120 valence electrons. The molecule has 0 aliphatic carbocycles. The van der Waals surface area contributed by atoms with E-state index in [0.29, 0.717) is 25.8 Å². The molecular weight excluding hydrogens is 291 g/mol. The monoisotopic (exact) mass is 310 g/mol. The van der Waals surface area contributed by atoms with Gasteiger partial charge in [0, 0.05) is 25.5 Å². The Hall–Kier alpha value is -2.44. The van der Waals surface area contributed by atoms with Crippen molar-refractivity contribution in [2.45, 2.75) is 32.6 Å². The zero-order chi connectivity index (χ0) is 16.5. The van der Waals surface area contributed by atoms with Gasteiger partial charge in [0.25, 0.3) is 5.91 Å². The molecule has 0 saturated heterocycles. The predicted molar refractivity (Wildman–Crippen MR) is 79.1 cm³/mol. The largest absolute Gasteiger partial charge is 0.481 e. The molecule has 1 rings (SSSR count). The topological polar surface area (TPSA) is 95.5 Å². The van der Waals surface area contributed by atoms with Gasteiger partial charge >= 0.3 is 5.97 Å². The second kappa shape index (κ2) is 8.76. The number of nitrogens with one attached hydrogen (secondary N) is 2. The molecule has 1 aromatic carbocycles. The summed E-state index contributed by atoms with van der Waals surface area (Å²) in [6, 6.07) is 3.73. The third kappa shape index (κ3) is 6.34. The molecule has 1 aromatic rings. The summed E-state index contributed by atoms with van der Waals surface area (Å²) >= 11 is 0. The Labute approximate surface area is 127 Å². The molecule has 0 radical (unpaired) electrons. The van der Waals surface area contributed by atoms with Gasteiger partial charge in [-0.2, -0.15) is 0 Å². The van der Waals surface area contributed by atoms with Crippen LogP contribution >= 0.6 is 0 Å². The van der Waals surface area contributed by atoms with E-state index in [1.165, 1.54) is 19.1 Å². The highest BCUT2D eigenvalue weighted by Gasteiger charge is 2.10. The lowest BCUT2D eigenvalue weighted by Gasteiger charge is -2.08. The Morgan fingerprint density at radius 2 is 1.91 bits per heavy atom. The SMILES string of the molecule is CC(=O)Nc1cc(C(=O)NCCCCCC(=O)O)ccc1F. The fourth-order valence-corrected chi connectivity index (χ4v) is 1.83. The number of amides is 2. The number of halogens is 1. The highest BCUT2D eigenvalue weighted by atomic mass is 19.1. The van der Waals surface area contributed by atoms with Gasteiger partial charge in [-0.05, 0) is 31.0 Å². The summed E-state index contributed by atoms with van der Waals surface area (Å²) in [7, 11) is 0. The average Bonchev–Trinajstić information content (AvgIpc) is 2.44. The zero-order valence-electron chi connectivity index (χ0n) is 12.3. The quantitative estimate of drug-likeness (QED) is 0.641. The normalized spacial score (nSPS) is 10.1. The van der Waals surface area contributed by atoms with Crippen LogP contribution < -0.4 is 10.6 Å². The summed E-state index contributed by atoms with van der Waals surface area (Å²) in [6.07, 6.45) is 2.05. The van der Waals surface area contributed by atoms with Crippen molar-refractivity contribution >= 4 is 23.5 Å². The fourth-order valence-electron chi connectivity index (χ4n) is 1.83. The minimum absolute atomic E-state index is 0.0402. The lowest BCUT2D eigenvalue weighted by Crippen LogP contribution is -2.24. The molecule has 0 heterocycles. The number of carboxylic acid groups (broad SMARTS) is 1. The maximum atomic E-state index is 13.5. The van der Waals surface area contributed by atoms with Crippen LogP contribution in [-0.2, 0) is 9.59 Å². The molecule has 0 atom stereocenters. The number of carbonyl (C=O) groups excluding carboxylic acids is 2. The predicted octanol–water partition coefficient (Wildman–Crippen LogP) is 2.16. The second-order valence-electron chi connectivity index (χ2n) is 4.84. The number of carboxylic acids is 1. The first-order valence-corrected chi connectivity index (χ1v) is 6.97. The van der Waals surface area contributed by atoms with Gasteiger partial charge in [0.1, 0.15) is 5.82 Å². The van der Waals surface area contributed by atoms with E-state index >= 15 is 0 Å². The molecule has 0 unspecified atom stereocenters. The van der Waals surface area contributed by atoms with Gasteiger partial charge in [-0.15, -0.1) is 0 Å². The van der Waals surface area contributed by atoms with Crippen molar-refractivity contribution in [1.29, 1.82) is 0 Å². The van der Waals surface area contributed by atoms with Crippen LogP contribution in [0.4, 0.5) is 10.1 Å². The number of hydrogen-bond donors (Lipinski definition) is 3. The summed E-state index contributed by atoms with van der Waals surface area (Å²) in [5.74, 6) is -2.24. The van der Waals surface area contributed by atoms with Gasteiger partial charge in [0.15, 0.2) is 0 Å². The van der Waals surface area contributed by atoms with Crippen LogP contribution in [0.1, 0.15) is 43.0 Å². The molecule has 0 aliphatic heterocycles. The molecule has 0 fully saturated rings. The second-order valence-corrected chi connectivity index (χ2v) is 4.84. The molecule has 0 bridgehead atoms. The maximum absolute atomic E-state index is 13.5. The summed E-state index contributed by atoms with van der Waals surface area (Å²) in [4.78, 5) is 33.2. The standard InChI is InChI=1S/C15H19FN2O4/c1-10(19)18-13-9-11(6-7-12(13)16)15(22)17-8-4-2-3-5-14(20)21/h6-7,9H,2-5,8H2,1H3,(H,17,22)(H,18,19)(H,20,21). The number of benzene rings is 1. The van der Waals surface area contributed by atoms with E-state index in [0.717, 1.165) is 6.07 Å². The molecule has 0 saturated carbocycles. The number of carbonyl (C=O) groups is 3. The van der Waals surface area contributed by atoms with E-state index in [1.807, 2.05) is 0 Å². The zero-order valence-corrected chi connectivity index (χ0v) is 12.3. The van der Waals surface area contributed by atoms with Crippen LogP contribution in [0, 0.1) is 5.82 Å². The van der Waals surface area contributed by atoms with Gasteiger partial charge in [-0.1, -0.05) is 6.42 Å². The van der Waals surface area contributed by atoms with Crippen LogP contribution in [0.2, 0.25) is 0 Å². The highest BCUT2D eigenvalue weighted by molar-refractivity contribution is 5.96. The third-order valence-electron chi connectivity index (χ3n) is 2.89. The molecule has 22 heavy (non-hydrogen) atoms. The van der Waals surface area contributed by atoms with Crippen LogP contribution in [0.3, 0.4) is 0 Å². The summed E-state index contributed by atoms with van der Waals surface area (Å²) < 4.78 is 13.5. The van der Waals surface area contributed by atoms with Crippen molar-refractivity contribution in [3.8, 4) is 0 Å². The van der Waals surface area contributed by atoms with Crippen molar-refractivity contribution in [1.82, 2.24) is 5.32 Å². The maximum Gasteiger partial charge on any atom is 0.303 e. The number of unbranched alkanes of at least 4 members (excludes halogenated alkanes) is 2. The van der Waals surface area contributed by atoms with E-state index in [1.54, 1.807) is 0 Å². The summed E-state index contributed by atoms with van der Waals surface area (Å²) in [5, 5.41) is 13.5. The molecule has 7 heteroatoms. The first-order chi connectivity index (χ1) is 10.4. The van der Waals surface area contributed by atoms with E-state index in [9.17, 15) is 18.8 Å². The van der Waals surface area contributed by atoms with Crippen molar-refractivity contribution in [2.24, 2.45) is 0 Å². The number of anilines is 1. The molecule has 3 N–H and O–H groups in total. The average molecular weight is 310 g/mol. The molecule has 2 amide bonds. The van der Waals surface area contributed by atoms with Gasteiger partial charge in [0.2, 0.25) is 5.91 Å². The van der Waals surface area contributed by atoms with Crippen molar-refractivity contribution in [3.05, 3.63) is 29.6 Å². The fraction of sp³-hybridized carbons (Fsp3) is 0.400. The third-order valence-corrected chi connectivity index (χ3v) is 2.89. The van der Waals surface area contributed by atoms with Gasteiger partial charge in [-0.25, -0.2) is 4.39 Å². The Morgan fingerprint density at radius 1 is 1.18 bits per heavy atom. The van der Waals surface area contributed by atoms with E-state index in [2.05, 4.69) is 10.6 Å². The Kier molecular flexibility index (Phi) is 7.01. The van der Waals surface area contributed by atoms with Crippen LogP contribution in [-0.4, -0.2) is 29.4 Å². The smallest absolute Gasteiger partial charge is 0.303 e. The van der Waals surface area contributed by atoms with Crippen molar-refractivity contribution < 1.29 is 23.9 Å². The summed E-state index contributed by atoms with van der Waals surface area (Å²) in [5.41, 5.74) is 0.206. The van der Waals surface area contributed by atoms with Crippen LogP contribution in [0.25, 0.3) is 0 Å². The minimum atomic E-state index is -0.833. The molecule has 0 aromatic heterocycles. The lowest BCUT2D eigenvalue weighted by atomic mass is 10.1. The van der Waals surface area contributed by atoms with Gasteiger partial charge in [-0.3, -0.25) is 14.4 Å². The lowest BCUT2D eigenvalue weighted by molar-refractivity contribution is -0.137. The van der Waals surface area contributed by atoms with E-state index < -0.39 is 17.7 Å².